The third kappa shape index (κ3) is 7.05. The average molecular weight is 644 g/mol. The highest BCUT2D eigenvalue weighted by Gasteiger charge is 2.52. The number of hydrogen-bond acceptors (Lipinski definition) is 7. The fourth-order valence-electron chi connectivity index (χ4n) is 6.44. The maximum Gasteiger partial charge on any atom is 0.275 e. The topological polar surface area (TPSA) is 110 Å². The minimum absolute atomic E-state index is 0.0543. The van der Waals surface area contributed by atoms with Crippen LogP contribution in [0.1, 0.15) is 105 Å². The molecule has 1 aliphatic carbocycles. The van der Waals surface area contributed by atoms with Gasteiger partial charge in [-0.15, -0.1) is 10.6 Å². The van der Waals surface area contributed by atoms with Crippen molar-refractivity contribution in [3.63, 3.8) is 0 Å². The Bertz CT molecular complexity index is 1530. The molecule has 0 saturated heterocycles. The van der Waals surface area contributed by atoms with Crippen molar-refractivity contribution in [1.29, 1.82) is 0 Å². The molecular weight excluding hydrogens is 597 g/mol. The van der Waals surface area contributed by atoms with Gasteiger partial charge in [0, 0.05) is 25.3 Å². The van der Waals surface area contributed by atoms with Crippen LogP contribution in [-0.4, -0.2) is 40.5 Å². The third-order valence-electron chi connectivity index (χ3n) is 8.89. The van der Waals surface area contributed by atoms with E-state index in [2.05, 4.69) is 40.8 Å². The van der Waals surface area contributed by atoms with E-state index in [9.17, 15) is 9.59 Å². The molecule has 11 heteroatoms. The van der Waals surface area contributed by atoms with E-state index in [4.69, 9.17) is 32.3 Å². The lowest BCUT2D eigenvalue weighted by atomic mass is 9.69. The van der Waals surface area contributed by atoms with Crippen LogP contribution in [0.2, 0.25) is 10.0 Å². The van der Waals surface area contributed by atoms with E-state index in [0.717, 1.165) is 12.0 Å². The molecule has 2 aromatic carbocycles. The molecule has 1 atom stereocenters. The molecule has 2 heterocycles. The maximum absolute atomic E-state index is 14.6. The van der Waals surface area contributed by atoms with Crippen molar-refractivity contribution in [2.24, 2.45) is 27.3 Å². The number of hydrogen-bond donors (Lipinski definition) is 4. The van der Waals surface area contributed by atoms with Gasteiger partial charge >= 0.3 is 0 Å². The van der Waals surface area contributed by atoms with Crippen molar-refractivity contribution >= 4 is 46.6 Å². The van der Waals surface area contributed by atoms with Gasteiger partial charge in [-0.1, -0.05) is 69.9 Å². The van der Waals surface area contributed by atoms with Gasteiger partial charge in [0.25, 0.3) is 11.8 Å². The minimum Gasteiger partial charge on any atom is -0.345 e. The van der Waals surface area contributed by atoms with E-state index < -0.39 is 17.9 Å². The van der Waals surface area contributed by atoms with Gasteiger partial charge in [-0.2, -0.15) is 0 Å². The van der Waals surface area contributed by atoms with Crippen LogP contribution < -0.4 is 21.8 Å². The smallest absolute Gasteiger partial charge is 0.275 e. The van der Waals surface area contributed by atoms with Gasteiger partial charge in [0.05, 0.1) is 12.6 Å². The monoisotopic (exact) mass is 642 g/mol. The van der Waals surface area contributed by atoms with E-state index in [1.54, 1.807) is 30.3 Å². The molecule has 1 spiro atoms. The Kier molecular flexibility index (Phi) is 8.42. The molecule has 0 unspecified atom stereocenters. The second-order valence-electron chi connectivity index (χ2n) is 13.0. The van der Waals surface area contributed by atoms with E-state index >= 15 is 0 Å². The van der Waals surface area contributed by atoms with Crippen LogP contribution in [0.5, 0.6) is 0 Å². The first-order valence-corrected chi connectivity index (χ1v) is 16.0. The first-order valence-electron chi connectivity index (χ1n) is 16.7. The highest BCUT2D eigenvalue weighted by Crippen LogP contribution is 2.50. The van der Waals surface area contributed by atoms with Crippen LogP contribution in [0, 0.1) is 17.3 Å². The summed E-state index contributed by atoms with van der Waals surface area (Å²) in [4.78, 5) is 34.6. The van der Waals surface area contributed by atoms with Gasteiger partial charge in [0.15, 0.2) is 5.84 Å². The lowest BCUT2D eigenvalue weighted by molar-refractivity contribution is -0.133. The number of carbonyl (C=O) groups excluding carboxylic acids is 2. The molecule has 3 aliphatic rings. The summed E-state index contributed by atoms with van der Waals surface area (Å²) in [6, 6.07) is 12.1. The molecule has 44 heavy (non-hydrogen) atoms. The molecule has 0 radical (unpaired) electrons. The number of amides is 2. The summed E-state index contributed by atoms with van der Waals surface area (Å²) in [5.74, 6) is 0.422. The molecule has 0 bridgehead atoms. The Morgan fingerprint density at radius 2 is 1.82 bits per heavy atom. The number of halogens is 2. The second-order valence-corrected chi connectivity index (χ2v) is 13.9. The summed E-state index contributed by atoms with van der Waals surface area (Å²) < 4.78 is 24.6. The Morgan fingerprint density at radius 1 is 1.14 bits per heavy atom. The second kappa shape index (κ2) is 13.1. The Morgan fingerprint density at radius 3 is 2.41 bits per heavy atom. The number of nitrogens with zero attached hydrogens (tertiary/aromatic N) is 3. The number of rotatable bonds is 9. The van der Waals surface area contributed by atoms with E-state index in [0.29, 0.717) is 70.7 Å². The molecule has 2 amide bonds. The number of hydrazone groups is 1. The van der Waals surface area contributed by atoms with E-state index in [1.807, 2.05) is 30.9 Å². The maximum atomic E-state index is 14.6. The molecule has 2 aliphatic heterocycles. The highest BCUT2D eigenvalue weighted by atomic mass is 35.5. The van der Waals surface area contributed by atoms with Gasteiger partial charge in [0.1, 0.15) is 11.4 Å². The number of benzene rings is 2. The molecule has 5 rings (SSSR count). The van der Waals surface area contributed by atoms with Crippen LogP contribution in [0.3, 0.4) is 0 Å². The average Bonchev–Trinajstić information content (AvgIpc) is 3.62. The van der Waals surface area contributed by atoms with E-state index in [1.165, 1.54) is 0 Å². The van der Waals surface area contributed by atoms with Crippen LogP contribution in [0.15, 0.2) is 52.6 Å². The van der Waals surface area contributed by atoms with Gasteiger partial charge in [-0.3, -0.25) is 20.0 Å². The zero-order valence-corrected chi connectivity index (χ0v) is 27.1. The van der Waals surface area contributed by atoms with Gasteiger partial charge < -0.3 is 10.2 Å². The Labute approximate surface area is 274 Å². The quantitative estimate of drug-likeness (QED) is 0.253. The zero-order valence-electron chi connectivity index (χ0n) is 28.6. The largest absolute Gasteiger partial charge is 0.345 e. The number of carbonyl (C=O) groups is 2. The van der Waals surface area contributed by atoms with Crippen LogP contribution in [0.25, 0.3) is 0 Å². The van der Waals surface area contributed by atoms with Crippen molar-refractivity contribution in [2.45, 2.75) is 84.8 Å². The first kappa shape index (κ1) is 28.3. The van der Waals surface area contributed by atoms with Crippen LogP contribution >= 0.6 is 23.2 Å². The molecule has 1 saturated carbocycles. The third-order valence-corrected chi connectivity index (χ3v) is 9.33. The predicted molar refractivity (Wildman–Crippen MR) is 176 cm³/mol. The summed E-state index contributed by atoms with van der Waals surface area (Å²) in [5.41, 5.74) is 8.49. The van der Waals surface area contributed by atoms with Crippen molar-refractivity contribution in [2.75, 3.05) is 6.54 Å². The standard InChI is InChI=1S/C33H43Cl2N7O2/c1-20(2)6-11-27(21-7-9-22(10-8-21)30(43)36-19-28-38-40-41-39-28)42-31(44)29(23-16-25(34)18-26(35)17-23)37-33(42)14-12-24(13-15-33)32(3,4)5/h7-10,16-18,20,24,27,40-41H,6,11-15,19H2,1-5H3,(H,36,43)(H,38,39)/t24?,27-,33?/m1/s1/i3D3. The highest BCUT2D eigenvalue weighted by molar-refractivity contribution is 6.47. The van der Waals surface area contributed by atoms with Gasteiger partial charge in [0.2, 0.25) is 0 Å². The zero-order chi connectivity index (χ0) is 34.1. The Balaban J connectivity index is 1.50. The SMILES string of the molecule is [2H]C([2H])([2H])C(C)(C)C1CCC2(CC1)N=C(c1cc(Cl)cc(Cl)c1)C(=O)N2[C@H](CCC(C)C)c1ccc(C(=O)NCC2=NNNN2)cc1. The van der Waals surface area contributed by atoms with Crippen molar-refractivity contribution in [3.05, 3.63) is 69.2 Å². The fourth-order valence-corrected chi connectivity index (χ4v) is 6.97. The summed E-state index contributed by atoms with van der Waals surface area (Å²) in [6.07, 6.45) is 3.83. The summed E-state index contributed by atoms with van der Waals surface area (Å²) in [7, 11) is 0. The lowest BCUT2D eigenvalue weighted by Crippen LogP contribution is -2.51. The van der Waals surface area contributed by atoms with Crippen LogP contribution in [0.4, 0.5) is 0 Å². The van der Waals surface area contributed by atoms with Gasteiger partial charge in [-0.25, -0.2) is 5.53 Å². The minimum atomic E-state index is -2.11. The molecule has 1 fully saturated rings. The van der Waals surface area contributed by atoms with E-state index in [-0.39, 0.29) is 30.3 Å². The van der Waals surface area contributed by atoms with Crippen LogP contribution in [-0.2, 0) is 4.79 Å². The van der Waals surface area contributed by atoms with Crippen molar-refractivity contribution in [3.8, 4) is 0 Å². The fraction of sp³-hybridized carbons (Fsp3) is 0.515. The number of amidine groups is 1. The molecule has 4 N–H and O–H groups in total. The number of hydrazine groups is 2. The number of nitrogens with one attached hydrogen (secondary N) is 4. The van der Waals surface area contributed by atoms with Crippen molar-refractivity contribution < 1.29 is 13.7 Å². The molecule has 0 aromatic heterocycles. The van der Waals surface area contributed by atoms with Gasteiger partial charge in [-0.05, 0) is 91.7 Å². The number of aliphatic imine (C=N–C) groups is 1. The Hall–Kier alpha value is -3.14. The predicted octanol–water partition coefficient (Wildman–Crippen LogP) is 6.39. The summed E-state index contributed by atoms with van der Waals surface area (Å²) in [5, 5.41) is 7.63. The summed E-state index contributed by atoms with van der Waals surface area (Å²) in [6.45, 7) is 6.05. The molecule has 2 aromatic rings. The molecular formula is C33H43Cl2N7O2. The lowest BCUT2D eigenvalue weighted by Gasteiger charge is -2.47. The molecule has 236 valence electrons. The summed E-state index contributed by atoms with van der Waals surface area (Å²) >= 11 is 12.8. The normalized spacial score (nSPS) is 23.8. The first-order chi connectivity index (χ1) is 22.1. The molecule has 9 nitrogen and oxygen atoms in total. The van der Waals surface area contributed by atoms with Crippen molar-refractivity contribution in [1.82, 2.24) is 26.7 Å².